The first-order chi connectivity index (χ1) is 10.6. The number of hydrogen-bond acceptors (Lipinski definition) is 5. The minimum atomic E-state index is -0.490. The molecule has 0 aliphatic heterocycles. The fourth-order valence-electron chi connectivity index (χ4n) is 2.20. The average molecular weight is 300 g/mol. The molecule has 0 fully saturated rings. The molecule has 1 heterocycles. The normalized spacial score (nSPS) is 11.7. The number of nitro groups is 1. The van der Waals surface area contributed by atoms with Crippen LogP contribution in [0.1, 0.15) is 28.4 Å². The number of rotatable bonds is 7. The molecule has 0 unspecified atom stereocenters. The van der Waals surface area contributed by atoms with Crippen LogP contribution in [0.5, 0.6) is 5.75 Å². The molecule has 6 nitrogen and oxygen atoms in total. The van der Waals surface area contributed by atoms with Crippen LogP contribution in [-0.4, -0.2) is 29.3 Å². The predicted octanol–water partition coefficient (Wildman–Crippen LogP) is 2.72. The number of carbonyl (C=O) groups excluding carboxylic acids is 1. The van der Waals surface area contributed by atoms with Crippen LogP contribution in [0.15, 0.2) is 48.7 Å². The van der Waals surface area contributed by atoms with E-state index in [1.807, 2.05) is 0 Å². The van der Waals surface area contributed by atoms with Gasteiger partial charge in [0.1, 0.15) is 11.4 Å². The topological polar surface area (TPSA) is 82.3 Å². The van der Waals surface area contributed by atoms with Gasteiger partial charge in [0, 0.05) is 17.5 Å². The number of methoxy groups -OCH3 is 1. The molecule has 0 bridgehead atoms. The van der Waals surface area contributed by atoms with Gasteiger partial charge in [-0.3, -0.25) is 19.9 Å². The predicted molar refractivity (Wildman–Crippen MR) is 80.8 cm³/mol. The molecule has 0 aliphatic rings. The van der Waals surface area contributed by atoms with Gasteiger partial charge in [-0.25, -0.2) is 0 Å². The van der Waals surface area contributed by atoms with Crippen LogP contribution in [0.25, 0.3) is 0 Å². The molecule has 1 atom stereocenters. The summed E-state index contributed by atoms with van der Waals surface area (Å²) >= 11 is 0. The second-order valence-corrected chi connectivity index (χ2v) is 4.83. The first-order valence-electron chi connectivity index (χ1n) is 6.80. The Labute approximate surface area is 127 Å². The van der Waals surface area contributed by atoms with E-state index in [9.17, 15) is 14.9 Å². The summed E-state index contributed by atoms with van der Waals surface area (Å²) in [6, 6.07) is 12.0. The SMILES string of the molecule is COc1ccc([C@H](CC(=O)c2ccccn2)C[N+](=O)[O-])cc1. The minimum Gasteiger partial charge on any atom is -0.497 e. The van der Waals surface area contributed by atoms with Gasteiger partial charge in [0.05, 0.1) is 13.0 Å². The van der Waals surface area contributed by atoms with E-state index >= 15 is 0 Å². The van der Waals surface area contributed by atoms with E-state index < -0.39 is 10.8 Å². The van der Waals surface area contributed by atoms with Gasteiger partial charge in [-0.05, 0) is 29.8 Å². The van der Waals surface area contributed by atoms with E-state index in [4.69, 9.17) is 4.74 Å². The highest BCUT2D eigenvalue weighted by Gasteiger charge is 2.22. The molecule has 114 valence electrons. The molecule has 0 saturated heterocycles. The molecule has 2 aromatic rings. The number of hydrogen-bond donors (Lipinski definition) is 0. The highest BCUT2D eigenvalue weighted by atomic mass is 16.6. The fourth-order valence-corrected chi connectivity index (χ4v) is 2.20. The van der Waals surface area contributed by atoms with Gasteiger partial charge >= 0.3 is 0 Å². The Bertz CT molecular complexity index is 641. The lowest BCUT2D eigenvalue weighted by Crippen LogP contribution is -2.17. The van der Waals surface area contributed by atoms with Crippen molar-refractivity contribution in [3.05, 3.63) is 70.0 Å². The van der Waals surface area contributed by atoms with E-state index in [0.29, 0.717) is 11.4 Å². The van der Waals surface area contributed by atoms with E-state index in [0.717, 1.165) is 5.56 Å². The molecular formula is C16H16N2O4. The molecule has 22 heavy (non-hydrogen) atoms. The number of benzene rings is 1. The van der Waals surface area contributed by atoms with E-state index in [2.05, 4.69) is 4.98 Å². The lowest BCUT2D eigenvalue weighted by Gasteiger charge is -2.13. The monoisotopic (exact) mass is 300 g/mol. The molecule has 0 saturated carbocycles. The Hall–Kier alpha value is -2.76. The zero-order chi connectivity index (χ0) is 15.9. The molecule has 0 N–H and O–H groups in total. The number of nitrogens with zero attached hydrogens (tertiary/aromatic N) is 2. The van der Waals surface area contributed by atoms with E-state index in [1.54, 1.807) is 49.6 Å². The third kappa shape index (κ3) is 4.12. The molecular weight excluding hydrogens is 284 g/mol. The number of carbonyl (C=O) groups is 1. The average Bonchev–Trinajstić information content (AvgIpc) is 2.54. The fraction of sp³-hybridized carbons (Fsp3) is 0.250. The van der Waals surface area contributed by atoms with Crippen molar-refractivity contribution in [3.8, 4) is 5.75 Å². The zero-order valence-electron chi connectivity index (χ0n) is 12.1. The summed E-state index contributed by atoms with van der Waals surface area (Å²) in [5.41, 5.74) is 1.06. The molecule has 0 amide bonds. The summed E-state index contributed by atoms with van der Waals surface area (Å²) in [5, 5.41) is 10.9. The van der Waals surface area contributed by atoms with Crippen LogP contribution in [0.2, 0.25) is 0 Å². The van der Waals surface area contributed by atoms with Gasteiger partial charge in [0.2, 0.25) is 6.54 Å². The summed E-state index contributed by atoms with van der Waals surface area (Å²) in [7, 11) is 1.55. The molecule has 2 rings (SSSR count). The second kappa shape index (κ2) is 7.31. The lowest BCUT2D eigenvalue weighted by molar-refractivity contribution is -0.483. The Morgan fingerprint density at radius 1 is 1.27 bits per heavy atom. The highest BCUT2D eigenvalue weighted by Crippen LogP contribution is 2.24. The first kappa shape index (κ1) is 15.6. The zero-order valence-corrected chi connectivity index (χ0v) is 12.1. The Morgan fingerprint density at radius 3 is 2.55 bits per heavy atom. The number of ether oxygens (including phenoxy) is 1. The van der Waals surface area contributed by atoms with Gasteiger partial charge in [-0.15, -0.1) is 0 Å². The Balaban J connectivity index is 2.18. The molecule has 0 radical (unpaired) electrons. The number of Topliss-reactive ketones (excluding diaryl/α,β-unsaturated/α-hetero) is 1. The van der Waals surface area contributed by atoms with Crippen LogP contribution in [-0.2, 0) is 0 Å². The molecule has 0 spiro atoms. The van der Waals surface area contributed by atoms with Crippen molar-refractivity contribution in [2.24, 2.45) is 0 Å². The summed E-state index contributed by atoms with van der Waals surface area (Å²) in [4.78, 5) is 26.7. The van der Waals surface area contributed by atoms with Crippen molar-refractivity contribution in [2.75, 3.05) is 13.7 Å². The summed E-state index contributed by atoms with van der Waals surface area (Å²) in [5.74, 6) is -0.0293. The molecule has 0 aliphatic carbocycles. The van der Waals surface area contributed by atoms with Crippen molar-refractivity contribution >= 4 is 5.78 Å². The maximum atomic E-state index is 12.2. The second-order valence-electron chi connectivity index (χ2n) is 4.83. The maximum absolute atomic E-state index is 12.2. The van der Waals surface area contributed by atoms with Crippen molar-refractivity contribution in [2.45, 2.75) is 12.3 Å². The van der Waals surface area contributed by atoms with Crippen LogP contribution < -0.4 is 4.74 Å². The Kier molecular flexibility index (Phi) is 5.19. The van der Waals surface area contributed by atoms with Gasteiger partial charge in [-0.1, -0.05) is 18.2 Å². The minimum absolute atomic E-state index is 0.0460. The Morgan fingerprint density at radius 2 is 2.00 bits per heavy atom. The van der Waals surface area contributed by atoms with Crippen LogP contribution in [0.4, 0.5) is 0 Å². The van der Waals surface area contributed by atoms with Crippen molar-refractivity contribution in [3.63, 3.8) is 0 Å². The lowest BCUT2D eigenvalue weighted by atomic mass is 9.92. The number of pyridine rings is 1. The van der Waals surface area contributed by atoms with Crippen molar-refractivity contribution < 1.29 is 14.5 Å². The van der Waals surface area contributed by atoms with E-state index in [1.165, 1.54) is 6.20 Å². The smallest absolute Gasteiger partial charge is 0.211 e. The summed E-state index contributed by atoms with van der Waals surface area (Å²) in [6.45, 7) is -0.301. The molecule has 1 aromatic carbocycles. The third-order valence-corrected chi connectivity index (χ3v) is 3.34. The maximum Gasteiger partial charge on any atom is 0.211 e. The van der Waals surface area contributed by atoms with Crippen molar-refractivity contribution in [1.29, 1.82) is 0 Å². The third-order valence-electron chi connectivity index (χ3n) is 3.34. The first-order valence-corrected chi connectivity index (χ1v) is 6.80. The van der Waals surface area contributed by atoms with Gasteiger partial charge in [0.25, 0.3) is 0 Å². The number of aromatic nitrogens is 1. The highest BCUT2D eigenvalue weighted by molar-refractivity contribution is 5.94. The largest absolute Gasteiger partial charge is 0.497 e. The molecule has 6 heteroatoms. The number of ketones is 1. The van der Waals surface area contributed by atoms with Gasteiger partial charge < -0.3 is 4.74 Å². The standard InChI is InChI=1S/C16H16N2O4/c1-22-14-7-5-12(6-8-14)13(11-18(20)21)10-16(19)15-4-2-3-9-17-15/h2-9,13H,10-11H2,1H3/t13-/m1/s1. The molecule has 1 aromatic heterocycles. The van der Waals surface area contributed by atoms with E-state index in [-0.39, 0.29) is 18.7 Å². The summed E-state index contributed by atoms with van der Waals surface area (Å²) in [6.07, 6.45) is 1.58. The quantitative estimate of drug-likeness (QED) is 0.446. The van der Waals surface area contributed by atoms with Gasteiger partial charge in [0.15, 0.2) is 5.78 Å². The van der Waals surface area contributed by atoms with Gasteiger partial charge in [-0.2, -0.15) is 0 Å². The van der Waals surface area contributed by atoms with Crippen molar-refractivity contribution in [1.82, 2.24) is 4.98 Å². The van der Waals surface area contributed by atoms with Crippen LogP contribution in [0, 0.1) is 10.1 Å². The van der Waals surface area contributed by atoms with Crippen LogP contribution >= 0.6 is 0 Å². The van der Waals surface area contributed by atoms with Crippen LogP contribution in [0.3, 0.4) is 0 Å². The summed E-state index contributed by atoms with van der Waals surface area (Å²) < 4.78 is 5.07.